The summed E-state index contributed by atoms with van der Waals surface area (Å²) in [5, 5.41) is 15.6. The lowest BCUT2D eigenvalue weighted by Crippen LogP contribution is -2.31. The number of amides is 2. The fourth-order valence-electron chi connectivity index (χ4n) is 1.83. The lowest BCUT2D eigenvalue weighted by Gasteiger charge is -2.05. The number of nitrogens with one attached hydrogen (secondary N) is 2. The smallest absolute Gasteiger partial charge is 0.269 e. The number of nitro groups is 1. The number of hydrogen-bond acceptors (Lipinski definition) is 4. The van der Waals surface area contributed by atoms with Gasteiger partial charge in [0, 0.05) is 23.9 Å². The van der Waals surface area contributed by atoms with Gasteiger partial charge in [0.05, 0.1) is 11.5 Å². The zero-order chi connectivity index (χ0) is 17.4. The summed E-state index contributed by atoms with van der Waals surface area (Å²) in [6.07, 6.45) is 2.77. The summed E-state index contributed by atoms with van der Waals surface area (Å²) in [4.78, 5) is 33.4. The van der Waals surface area contributed by atoms with E-state index in [1.165, 1.54) is 36.4 Å². The summed E-state index contributed by atoms with van der Waals surface area (Å²) in [5.41, 5.74) is 1.27. The number of carbonyl (C=O) groups excluding carboxylic acids is 2. The third-order valence-corrected chi connectivity index (χ3v) is 3.01. The first-order chi connectivity index (χ1) is 11.5. The van der Waals surface area contributed by atoms with Gasteiger partial charge in [-0.1, -0.05) is 18.2 Å². The Morgan fingerprint density at radius 2 is 1.71 bits per heavy atom. The highest BCUT2D eigenvalue weighted by molar-refractivity contribution is 5.97. The van der Waals surface area contributed by atoms with E-state index >= 15 is 0 Å². The molecule has 0 unspecified atom stereocenters. The molecule has 2 amide bonds. The van der Waals surface area contributed by atoms with Crippen LogP contribution < -0.4 is 10.6 Å². The van der Waals surface area contributed by atoms with Crippen LogP contribution in [-0.4, -0.2) is 23.3 Å². The van der Waals surface area contributed by atoms with E-state index < -0.39 is 10.8 Å². The first-order valence-corrected chi connectivity index (χ1v) is 7.10. The molecule has 0 aliphatic rings. The van der Waals surface area contributed by atoms with Crippen molar-refractivity contribution in [2.24, 2.45) is 0 Å². The Kier molecular flexibility index (Phi) is 5.79. The van der Waals surface area contributed by atoms with Crippen LogP contribution in [0.5, 0.6) is 0 Å². The van der Waals surface area contributed by atoms with Crippen molar-refractivity contribution in [3.63, 3.8) is 0 Å². The Labute approximate surface area is 138 Å². The van der Waals surface area contributed by atoms with Crippen molar-refractivity contribution < 1.29 is 14.5 Å². The lowest BCUT2D eigenvalue weighted by atomic mass is 10.2. The van der Waals surface area contributed by atoms with Gasteiger partial charge in [0.25, 0.3) is 5.69 Å². The molecule has 0 radical (unpaired) electrons. The third-order valence-electron chi connectivity index (χ3n) is 3.01. The minimum Gasteiger partial charge on any atom is -0.343 e. The molecule has 0 bridgehead atoms. The summed E-state index contributed by atoms with van der Waals surface area (Å²) in [6.45, 7) is -0.154. The number of para-hydroxylation sites is 1. The minimum absolute atomic E-state index is 0.0193. The first kappa shape index (κ1) is 16.9. The highest BCUT2D eigenvalue weighted by Gasteiger charge is 2.04. The van der Waals surface area contributed by atoms with Crippen LogP contribution in [0.3, 0.4) is 0 Å². The number of nitro benzene ring substituents is 1. The predicted molar refractivity (Wildman–Crippen MR) is 90.2 cm³/mol. The summed E-state index contributed by atoms with van der Waals surface area (Å²) < 4.78 is 0. The molecule has 0 saturated carbocycles. The monoisotopic (exact) mass is 325 g/mol. The van der Waals surface area contributed by atoms with Gasteiger partial charge in [-0.2, -0.15) is 0 Å². The van der Waals surface area contributed by atoms with Gasteiger partial charge in [0.15, 0.2) is 0 Å². The second kappa shape index (κ2) is 8.23. The Morgan fingerprint density at radius 1 is 1.04 bits per heavy atom. The van der Waals surface area contributed by atoms with Crippen LogP contribution in [0.1, 0.15) is 5.56 Å². The van der Waals surface area contributed by atoms with Crippen LogP contribution in [0.4, 0.5) is 11.4 Å². The maximum atomic E-state index is 11.7. The Balaban J connectivity index is 1.80. The van der Waals surface area contributed by atoms with Gasteiger partial charge in [-0.15, -0.1) is 0 Å². The predicted octanol–water partition coefficient (Wildman–Crippen LogP) is 2.36. The zero-order valence-electron chi connectivity index (χ0n) is 12.6. The van der Waals surface area contributed by atoms with Gasteiger partial charge in [0.1, 0.15) is 0 Å². The number of hydrogen-bond donors (Lipinski definition) is 2. The molecule has 0 atom stereocenters. The average Bonchev–Trinajstić information content (AvgIpc) is 2.59. The Hall–Kier alpha value is -3.48. The minimum atomic E-state index is -0.494. The number of anilines is 1. The van der Waals surface area contributed by atoms with E-state index in [1.54, 1.807) is 24.3 Å². The normalized spacial score (nSPS) is 10.3. The van der Waals surface area contributed by atoms with Gasteiger partial charge in [0.2, 0.25) is 11.8 Å². The Bertz CT molecular complexity index is 755. The van der Waals surface area contributed by atoms with Crippen LogP contribution in [-0.2, 0) is 9.59 Å². The topological polar surface area (TPSA) is 101 Å². The molecule has 7 heteroatoms. The van der Waals surface area contributed by atoms with Crippen LogP contribution in [0.25, 0.3) is 6.08 Å². The van der Waals surface area contributed by atoms with Crippen LogP contribution in [0.15, 0.2) is 60.7 Å². The summed E-state index contributed by atoms with van der Waals surface area (Å²) in [5.74, 6) is -0.769. The molecule has 0 spiro atoms. The molecule has 2 aromatic rings. The first-order valence-electron chi connectivity index (χ1n) is 7.10. The average molecular weight is 325 g/mol. The Morgan fingerprint density at radius 3 is 2.33 bits per heavy atom. The molecule has 24 heavy (non-hydrogen) atoms. The van der Waals surface area contributed by atoms with Gasteiger partial charge in [-0.25, -0.2) is 0 Å². The van der Waals surface area contributed by atoms with Crippen molar-refractivity contribution in [3.8, 4) is 0 Å². The quantitative estimate of drug-likeness (QED) is 0.483. The van der Waals surface area contributed by atoms with Crippen molar-refractivity contribution >= 4 is 29.3 Å². The fourth-order valence-corrected chi connectivity index (χ4v) is 1.83. The number of rotatable bonds is 6. The number of carbonyl (C=O) groups is 2. The second-order valence-corrected chi connectivity index (χ2v) is 4.81. The number of nitrogens with zero attached hydrogens (tertiary/aromatic N) is 1. The maximum absolute atomic E-state index is 11.7. The molecule has 0 aromatic heterocycles. The van der Waals surface area contributed by atoms with Crippen LogP contribution in [0, 0.1) is 10.1 Å². The molecular formula is C17H15N3O4. The summed E-state index contributed by atoms with van der Waals surface area (Å²) >= 11 is 0. The maximum Gasteiger partial charge on any atom is 0.269 e. The highest BCUT2D eigenvalue weighted by atomic mass is 16.6. The van der Waals surface area contributed by atoms with E-state index in [0.717, 1.165) is 0 Å². The molecule has 2 rings (SSSR count). The van der Waals surface area contributed by atoms with Crippen molar-refractivity contribution in [2.45, 2.75) is 0 Å². The molecule has 0 aliphatic heterocycles. The van der Waals surface area contributed by atoms with Crippen molar-refractivity contribution in [2.75, 3.05) is 11.9 Å². The van der Waals surface area contributed by atoms with Crippen molar-refractivity contribution in [1.29, 1.82) is 0 Å². The molecule has 2 N–H and O–H groups in total. The highest BCUT2D eigenvalue weighted by Crippen LogP contribution is 2.12. The molecule has 122 valence electrons. The molecule has 0 fully saturated rings. The lowest BCUT2D eigenvalue weighted by molar-refractivity contribution is -0.384. The fraction of sp³-hybridized carbons (Fsp3) is 0.0588. The van der Waals surface area contributed by atoms with E-state index in [1.807, 2.05) is 6.07 Å². The van der Waals surface area contributed by atoms with Gasteiger partial charge in [-0.3, -0.25) is 19.7 Å². The molecular weight excluding hydrogens is 310 g/mol. The third kappa shape index (κ3) is 5.38. The molecule has 0 saturated heterocycles. The van der Waals surface area contributed by atoms with E-state index in [-0.39, 0.29) is 18.1 Å². The van der Waals surface area contributed by atoms with Crippen molar-refractivity contribution in [3.05, 3.63) is 76.4 Å². The summed E-state index contributed by atoms with van der Waals surface area (Å²) in [6, 6.07) is 14.7. The molecule has 2 aromatic carbocycles. The zero-order valence-corrected chi connectivity index (χ0v) is 12.6. The second-order valence-electron chi connectivity index (χ2n) is 4.81. The largest absolute Gasteiger partial charge is 0.343 e. The van der Waals surface area contributed by atoms with Crippen LogP contribution >= 0.6 is 0 Å². The standard InChI is InChI=1S/C17H15N3O4/c21-16(11-8-13-6-9-15(10-7-13)20(23)24)18-12-17(22)19-14-4-2-1-3-5-14/h1-11H,12H2,(H,18,21)(H,19,22)/b11-8+. The molecule has 0 heterocycles. The summed E-state index contributed by atoms with van der Waals surface area (Å²) in [7, 11) is 0. The van der Waals surface area contributed by atoms with Gasteiger partial charge < -0.3 is 10.6 Å². The number of non-ortho nitro benzene ring substituents is 1. The van der Waals surface area contributed by atoms with Crippen LogP contribution in [0.2, 0.25) is 0 Å². The van der Waals surface area contributed by atoms with Gasteiger partial charge >= 0.3 is 0 Å². The van der Waals surface area contributed by atoms with Crippen molar-refractivity contribution in [1.82, 2.24) is 5.32 Å². The molecule has 0 aliphatic carbocycles. The SMILES string of the molecule is O=C(/C=C/c1ccc([N+](=O)[O-])cc1)NCC(=O)Nc1ccccc1. The molecule has 7 nitrogen and oxygen atoms in total. The van der Waals surface area contributed by atoms with E-state index in [4.69, 9.17) is 0 Å². The number of benzene rings is 2. The van der Waals surface area contributed by atoms with E-state index in [0.29, 0.717) is 11.3 Å². The van der Waals surface area contributed by atoms with E-state index in [9.17, 15) is 19.7 Å². The van der Waals surface area contributed by atoms with E-state index in [2.05, 4.69) is 10.6 Å². The van der Waals surface area contributed by atoms with Gasteiger partial charge in [-0.05, 0) is 35.9 Å².